The third-order valence-corrected chi connectivity index (χ3v) is 7.56. The van der Waals surface area contributed by atoms with Crippen molar-refractivity contribution in [2.45, 2.75) is 31.2 Å². The lowest BCUT2D eigenvalue weighted by molar-refractivity contribution is 0.0757. The summed E-state index contributed by atoms with van der Waals surface area (Å²) in [6.07, 6.45) is 7.32. The van der Waals surface area contributed by atoms with Gasteiger partial charge in [-0.3, -0.25) is 19.6 Å². The molecule has 0 aliphatic carbocycles. The molecule has 2 amide bonds. The summed E-state index contributed by atoms with van der Waals surface area (Å²) in [6, 6.07) is 6.63. The second-order valence-corrected chi connectivity index (χ2v) is 10.3. The summed E-state index contributed by atoms with van der Waals surface area (Å²) in [7, 11) is 5.10. The molecule has 0 spiro atoms. The van der Waals surface area contributed by atoms with E-state index >= 15 is 0 Å². The predicted molar refractivity (Wildman–Crippen MR) is 165 cm³/mol. The van der Waals surface area contributed by atoms with Crippen LogP contribution in [0.3, 0.4) is 0 Å². The molecule has 218 valence electrons. The molecule has 0 aromatic heterocycles. The summed E-state index contributed by atoms with van der Waals surface area (Å²) in [5, 5.41) is 0. The normalized spacial score (nSPS) is 19.0. The fraction of sp³-hybridized carbons (Fsp3) is 0.355. The van der Waals surface area contributed by atoms with Gasteiger partial charge in [0.15, 0.2) is 23.0 Å². The van der Waals surface area contributed by atoms with Crippen molar-refractivity contribution < 1.29 is 28.5 Å². The van der Waals surface area contributed by atoms with E-state index in [2.05, 4.69) is 23.1 Å². The number of nitrogens with zero attached hydrogens (tertiary/aromatic N) is 4. The van der Waals surface area contributed by atoms with E-state index in [-0.39, 0.29) is 23.9 Å². The second-order valence-electron chi connectivity index (χ2n) is 10.3. The highest BCUT2D eigenvalue weighted by Crippen LogP contribution is 2.39. The molecule has 10 nitrogen and oxygen atoms in total. The zero-order valence-electron chi connectivity index (χ0n) is 24.3. The molecule has 11 heteroatoms. The Kier molecular flexibility index (Phi) is 8.65. The fourth-order valence-corrected chi connectivity index (χ4v) is 5.36. The molecule has 2 aromatic rings. The Balaban J connectivity index is 1.25. The number of aliphatic imine (C=N–C) groups is 2. The number of ether oxygens (including phenoxy) is 4. The minimum atomic E-state index is -0.126. The topological polar surface area (TPSA) is 102 Å². The summed E-state index contributed by atoms with van der Waals surface area (Å²) in [5.74, 6) is 1.68. The van der Waals surface area contributed by atoms with Crippen molar-refractivity contribution in [1.29, 1.82) is 0 Å². The molecular formula is C31H35BN4O6. The first kappa shape index (κ1) is 29.0. The van der Waals surface area contributed by atoms with Crippen LogP contribution in [0.4, 0.5) is 11.4 Å². The lowest BCUT2D eigenvalue weighted by atomic mass is 9.96. The van der Waals surface area contributed by atoms with Crippen molar-refractivity contribution in [3.05, 3.63) is 60.2 Å². The largest absolute Gasteiger partial charge is 0.493 e. The van der Waals surface area contributed by atoms with Crippen molar-refractivity contribution in [2.24, 2.45) is 9.98 Å². The van der Waals surface area contributed by atoms with E-state index in [4.69, 9.17) is 18.9 Å². The van der Waals surface area contributed by atoms with Crippen LogP contribution in [-0.4, -0.2) is 94.5 Å². The van der Waals surface area contributed by atoms with Crippen molar-refractivity contribution in [3.63, 3.8) is 0 Å². The van der Waals surface area contributed by atoms with Gasteiger partial charge in [-0.25, -0.2) is 0 Å². The fourth-order valence-electron chi connectivity index (χ4n) is 5.36. The van der Waals surface area contributed by atoms with Crippen LogP contribution >= 0.6 is 0 Å². The molecule has 2 atom stereocenters. The molecule has 2 aromatic carbocycles. The average Bonchev–Trinajstić information content (AvgIpc) is 3.26. The van der Waals surface area contributed by atoms with Gasteiger partial charge in [-0.15, -0.1) is 6.58 Å². The van der Waals surface area contributed by atoms with Gasteiger partial charge in [-0.2, -0.15) is 0 Å². The van der Waals surface area contributed by atoms with Crippen molar-refractivity contribution >= 4 is 43.5 Å². The van der Waals surface area contributed by atoms with E-state index in [0.29, 0.717) is 84.6 Å². The van der Waals surface area contributed by atoms with E-state index < -0.39 is 0 Å². The van der Waals surface area contributed by atoms with Crippen LogP contribution in [0.5, 0.6) is 23.0 Å². The van der Waals surface area contributed by atoms with Crippen LogP contribution in [0.15, 0.2) is 59.1 Å². The number of hydrogen-bond acceptors (Lipinski definition) is 8. The second kappa shape index (κ2) is 12.5. The molecule has 3 heterocycles. The van der Waals surface area contributed by atoms with Gasteiger partial charge in [0.2, 0.25) is 0 Å². The van der Waals surface area contributed by atoms with Gasteiger partial charge in [-0.1, -0.05) is 24.5 Å². The first-order chi connectivity index (χ1) is 20.4. The minimum absolute atomic E-state index is 0.0853. The quantitative estimate of drug-likeness (QED) is 0.232. The Hall–Kier alpha value is -4.54. The van der Waals surface area contributed by atoms with Crippen LogP contribution in [0, 0.1) is 0 Å². The molecule has 0 radical (unpaired) electrons. The summed E-state index contributed by atoms with van der Waals surface area (Å²) >= 11 is 0. The van der Waals surface area contributed by atoms with Crippen LogP contribution < -0.4 is 18.9 Å². The Morgan fingerprint density at radius 3 is 2.10 bits per heavy atom. The summed E-state index contributed by atoms with van der Waals surface area (Å²) in [6.45, 7) is 9.43. The first-order valence-corrected chi connectivity index (χ1v) is 14.1. The standard InChI is InChI=1S/C31H35BN4O6/c1-5-7-35-21(15-32)17-34-24-13-28(26(39-3)11-22(24)30(35)37)41-8-6-9-42-29-14-25-23(12-27(29)40-4)31(38)36-18-19(2)10-20(36)16-33-25/h5,11-14,16-17,20-21H,1-2,6-10,15,18,32H2,3-4H3. The van der Waals surface area contributed by atoms with Gasteiger partial charge in [-0.05, 0) is 18.6 Å². The monoisotopic (exact) mass is 570 g/mol. The predicted octanol–water partition coefficient (Wildman–Crippen LogP) is 3.80. The maximum absolute atomic E-state index is 13.3. The van der Waals surface area contributed by atoms with Gasteiger partial charge in [0.25, 0.3) is 11.8 Å². The van der Waals surface area contributed by atoms with Gasteiger partial charge >= 0.3 is 0 Å². The number of fused-ring (bicyclic) bond motifs is 3. The maximum Gasteiger partial charge on any atom is 0.257 e. The molecule has 2 unspecified atom stereocenters. The molecule has 0 N–H and O–H groups in total. The Labute approximate surface area is 246 Å². The summed E-state index contributed by atoms with van der Waals surface area (Å²) < 4.78 is 23.1. The molecule has 1 saturated heterocycles. The van der Waals surface area contributed by atoms with Crippen LogP contribution in [0.25, 0.3) is 0 Å². The number of methoxy groups -OCH3 is 2. The lowest BCUT2D eigenvalue weighted by Crippen LogP contribution is -2.40. The van der Waals surface area contributed by atoms with Gasteiger partial charge < -0.3 is 28.7 Å². The van der Waals surface area contributed by atoms with Crippen LogP contribution in [-0.2, 0) is 0 Å². The van der Waals surface area contributed by atoms with Gasteiger partial charge in [0, 0.05) is 44.1 Å². The molecule has 3 aliphatic heterocycles. The number of hydrogen-bond donors (Lipinski definition) is 0. The SMILES string of the molecule is BCC1C=Nc2cc(OCCCOc3cc4c(cc3OC)C(=O)N3CC(=C)CC3C=N4)c(OC)cc2C(=O)N1CC=C. The van der Waals surface area contributed by atoms with Crippen molar-refractivity contribution in [3.8, 4) is 23.0 Å². The van der Waals surface area contributed by atoms with E-state index in [9.17, 15) is 9.59 Å². The number of rotatable bonds is 11. The molecule has 0 saturated carbocycles. The highest BCUT2D eigenvalue weighted by atomic mass is 16.5. The average molecular weight is 570 g/mol. The zero-order chi connectivity index (χ0) is 29.8. The van der Waals surface area contributed by atoms with Gasteiger partial charge in [0.1, 0.15) is 7.85 Å². The maximum atomic E-state index is 13.3. The molecule has 3 aliphatic rings. The summed E-state index contributed by atoms with van der Waals surface area (Å²) in [4.78, 5) is 39.2. The van der Waals surface area contributed by atoms with E-state index in [0.717, 1.165) is 11.9 Å². The molecule has 5 rings (SSSR count). The third kappa shape index (κ3) is 5.63. The zero-order valence-corrected chi connectivity index (χ0v) is 24.3. The Morgan fingerprint density at radius 1 is 0.929 bits per heavy atom. The third-order valence-electron chi connectivity index (χ3n) is 7.56. The van der Waals surface area contributed by atoms with Gasteiger partial charge in [0.05, 0.1) is 62.0 Å². The van der Waals surface area contributed by atoms with E-state index in [1.165, 1.54) is 7.11 Å². The summed E-state index contributed by atoms with van der Waals surface area (Å²) in [5.41, 5.74) is 3.03. The van der Waals surface area contributed by atoms with E-state index in [1.54, 1.807) is 59.7 Å². The number of carbonyl (C=O) groups is 2. The van der Waals surface area contributed by atoms with E-state index in [1.807, 2.05) is 7.85 Å². The Morgan fingerprint density at radius 2 is 1.52 bits per heavy atom. The minimum Gasteiger partial charge on any atom is -0.493 e. The first-order valence-electron chi connectivity index (χ1n) is 14.1. The highest BCUT2D eigenvalue weighted by molar-refractivity contribution is 6.12. The van der Waals surface area contributed by atoms with Crippen LogP contribution in [0.1, 0.15) is 33.6 Å². The van der Waals surface area contributed by atoms with Crippen LogP contribution in [0.2, 0.25) is 6.32 Å². The highest BCUT2D eigenvalue weighted by Gasteiger charge is 2.34. The Bertz CT molecular complexity index is 1470. The molecule has 42 heavy (non-hydrogen) atoms. The lowest BCUT2D eigenvalue weighted by Gasteiger charge is -2.26. The number of carbonyl (C=O) groups excluding carboxylic acids is 2. The van der Waals surface area contributed by atoms with Crippen molar-refractivity contribution in [1.82, 2.24) is 9.80 Å². The molecule has 1 fully saturated rings. The van der Waals surface area contributed by atoms with Crippen molar-refractivity contribution in [2.75, 3.05) is 40.5 Å². The molecular weight excluding hydrogens is 535 g/mol. The molecule has 0 bridgehead atoms. The smallest absolute Gasteiger partial charge is 0.257 e. The number of amides is 2. The number of benzene rings is 2.